The van der Waals surface area contributed by atoms with Crippen molar-refractivity contribution in [2.45, 2.75) is 24.7 Å². The Morgan fingerprint density at radius 3 is 2.16 bits per heavy atom. The molecule has 0 amide bonds. The number of rotatable bonds is 4. The fourth-order valence-electron chi connectivity index (χ4n) is 1.28. The lowest BCUT2D eigenvalue weighted by Crippen LogP contribution is -2.15. The molecular weight excluding hydrogens is 298 g/mol. The summed E-state index contributed by atoms with van der Waals surface area (Å²) < 4.78 is 78.3. The predicted octanol–water partition coefficient (Wildman–Crippen LogP) is 4.78. The number of benzene rings is 1. The van der Waals surface area contributed by atoms with Crippen LogP contribution >= 0.6 is 11.6 Å². The Morgan fingerprint density at radius 1 is 1.05 bits per heavy atom. The molecule has 0 spiro atoms. The van der Waals surface area contributed by atoms with Gasteiger partial charge in [0.25, 0.3) is 0 Å². The molecule has 0 unspecified atom stereocenters. The Labute approximate surface area is 110 Å². The first-order valence-electron chi connectivity index (χ1n) is 5.09. The van der Waals surface area contributed by atoms with Gasteiger partial charge in [0.2, 0.25) is 0 Å². The van der Waals surface area contributed by atoms with Gasteiger partial charge in [-0.3, -0.25) is 0 Å². The quantitative estimate of drug-likeness (QED) is 0.575. The smallest absolute Gasteiger partial charge is 0.419 e. The van der Waals surface area contributed by atoms with Gasteiger partial charge in [-0.05, 0) is 17.7 Å². The Hall–Kier alpha value is -1.11. The maximum absolute atomic E-state index is 12.7. The third-order valence-corrected chi connectivity index (χ3v) is 2.46. The van der Waals surface area contributed by atoms with E-state index in [1.54, 1.807) is 0 Å². The third kappa shape index (κ3) is 5.18. The maximum atomic E-state index is 12.7. The molecule has 0 bridgehead atoms. The summed E-state index contributed by atoms with van der Waals surface area (Å²) in [5.41, 5.74) is -0.926. The lowest BCUT2D eigenvalue weighted by atomic mass is 10.1. The minimum absolute atomic E-state index is 0.133. The Balaban J connectivity index is 2.88. The fraction of sp³-hybridized carbons (Fsp3) is 0.455. The van der Waals surface area contributed by atoms with Crippen molar-refractivity contribution in [3.05, 3.63) is 29.3 Å². The van der Waals surface area contributed by atoms with Crippen LogP contribution in [0.3, 0.4) is 0 Å². The van der Waals surface area contributed by atoms with Crippen LogP contribution < -0.4 is 4.74 Å². The highest BCUT2D eigenvalue weighted by atomic mass is 35.5. The first-order valence-corrected chi connectivity index (χ1v) is 5.62. The lowest BCUT2D eigenvalue weighted by Gasteiger charge is -2.15. The Kier molecular flexibility index (Phi) is 4.95. The van der Waals surface area contributed by atoms with Crippen LogP contribution in [0.1, 0.15) is 17.5 Å². The van der Waals surface area contributed by atoms with Gasteiger partial charge in [0, 0.05) is 5.88 Å². The zero-order chi connectivity index (χ0) is 14.7. The van der Waals surface area contributed by atoms with Crippen LogP contribution in [0, 0.1) is 0 Å². The van der Waals surface area contributed by atoms with Crippen molar-refractivity contribution in [2.75, 3.05) is 6.61 Å². The van der Waals surface area contributed by atoms with Crippen molar-refractivity contribution >= 4 is 11.6 Å². The number of hydrogen-bond donors (Lipinski definition) is 0. The first-order chi connectivity index (χ1) is 8.63. The number of halogens is 7. The van der Waals surface area contributed by atoms with E-state index in [1.165, 1.54) is 6.07 Å². The lowest BCUT2D eigenvalue weighted by molar-refractivity contribution is -0.143. The molecular formula is C11H9ClF6O. The number of alkyl halides is 7. The Morgan fingerprint density at radius 2 is 1.68 bits per heavy atom. The van der Waals surface area contributed by atoms with Gasteiger partial charge >= 0.3 is 12.4 Å². The van der Waals surface area contributed by atoms with Gasteiger partial charge in [-0.25, -0.2) is 0 Å². The summed E-state index contributed by atoms with van der Waals surface area (Å²) in [6.07, 6.45) is -10.5. The van der Waals surface area contributed by atoms with E-state index < -0.39 is 36.7 Å². The molecule has 0 aliphatic rings. The van der Waals surface area contributed by atoms with Crippen LogP contribution in [0.25, 0.3) is 0 Å². The average Bonchev–Trinajstić information content (AvgIpc) is 2.26. The zero-order valence-electron chi connectivity index (χ0n) is 9.41. The molecule has 19 heavy (non-hydrogen) atoms. The molecule has 0 aliphatic carbocycles. The highest BCUT2D eigenvalue weighted by Gasteiger charge is 2.35. The Bertz CT molecular complexity index is 426. The summed E-state index contributed by atoms with van der Waals surface area (Å²) in [6.45, 7) is -0.868. The molecule has 1 aromatic carbocycles. The van der Waals surface area contributed by atoms with Crippen LogP contribution in [0.5, 0.6) is 5.75 Å². The van der Waals surface area contributed by atoms with Crippen LogP contribution in [-0.2, 0) is 12.1 Å². The minimum atomic E-state index is -4.71. The fourth-order valence-corrected chi connectivity index (χ4v) is 1.45. The second-order valence-corrected chi connectivity index (χ2v) is 3.94. The molecule has 1 rings (SSSR count). The van der Waals surface area contributed by atoms with E-state index in [9.17, 15) is 26.3 Å². The first kappa shape index (κ1) is 15.9. The molecule has 0 aromatic heterocycles. The predicted molar refractivity (Wildman–Crippen MR) is 57.2 cm³/mol. The highest BCUT2D eigenvalue weighted by Crippen LogP contribution is 2.37. The summed E-state index contributed by atoms with van der Waals surface area (Å²) in [7, 11) is 0. The highest BCUT2D eigenvalue weighted by molar-refractivity contribution is 6.17. The summed E-state index contributed by atoms with van der Waals surface area (Å²) in [5, 5.41) is 0. The summed E-state index contributed by atoms with van der Waals surface area (Å²) in [4.78, 5) is 0. The van der Waals surface area contributed by atoms with Gasteiger partial charge in [0.1, 0.15) is 5.75 Å². The molecule has 0 heterocycles. The summed E-state index contributed by atoms with van der Waals surface area (Å²) in [6, 6.07) is 3.00. The monoisotopic (exact) mass is 306 g/mol. The molecule has 0 aliphatic heterocycles. The van der Waals surface area contributed by atoms with E-state index in [-0.39, 0.29) is 11.4 Å². The van der Waals surface area contributed by atoms with Crippen molar-refractivity contribution in [1.29, 1.82) is 0 Å². The van der Waals surface area contributed by atoms with E-state index in [0.29, 0.717) is 0 Å². The van der Waals surface area contributed by atoms with Crippen LogP contribution in [0.2, 0.25) is 0 Å². The molecule has 0 radical (unpaired) electrons. The van der Waals surface area contributed by atoms with Crippen molar-refractivity contribution in [1.82, 2.24) is 0 Å². The van der Waals surface area contributed by atoms with E-state index >= 15 is 0 Å². The normalized spacial score (nSPS) is 12.6. The molecule has 1 nitrogen and oxygen atoms in total. The SMILES string of the molecule is FC(F)(F)CCOc1ccc(CCl)cc1C(F)(F)F. The molecule has 1 aromatic rings. The van der Waals surface area contributed by atoms with Gasteiger partial charge in [-0.1, -0.05) is 6.07 Å². The molecule has 8 heteroatoms. The van der Waals surface area contributed by atoms with Gasteiger partial charge in [0.05, 0.1) is 18.6 Å². The van der Waals surface area contributed by atoms with E-state index in [1.807, 2.05) is 0 Å². The van der Waals surface area contributed by atoms with Crippen molar-refractivity contribution in [3.8, 4) is 5.75 Å². The second-order valence-electron chi connectivity index (χ2n) is 3.68. The molecule has 0 N–H and O–H groups in total. The van der Waals surface area contributed by atoms with Crippen molar-refractivity contribution in [3.63, 3.8) is 0 Å². The van der Waals surface area contributed by atoms with Crippen LogP contribution in [0.4, 0.5) is 26.3 Å². The maximum Gasteiger partial charge on any atom is 0.419 e. The average molecular weight is 307 g/mol. The third-order valence-electron chi connectivity index (χ3n) is 2.15. The van der Waals surface area contributed by atoms with Crippen molar-refractivity contribution < 1.29 is 31.1 Å². The number of hydrogen-bond acceptors (Lipinski definition) is 1. The summed E-state index contributed by atoms with van der Waals surface area (Å²) in [5.74, 6) is -0.767. The second kappa shape index (κ2) is 5.90. The molecule has 0 saturated carbocycles. The standard InChI is InChI=1S/C11H9ClF6O/c12-6-7-1-2-9(8(5-7)11(16,17)18)19-4-3-10(13,14)15/h1-2,5H,3-4,6H2. The number of ether oxygens (including phenoxy) is 1. The molecule has 108 valence electrons. The summed E-state index contributed by atoms with van der Waals surface area (Å²) >= 11 is 5.41. The molecule has 0 atom stereocenters. The minimum Gasteiger partial charge on any atom is -0.493 e. The van der Waals surface area contributed by atoms with Crippen molar-refractivity contribution in [2.24, 2.45) is 0 Å². The van der Waals surface area contributed by atoms with E-state index in [2.05, 4.69) is 4.74 Å². The van der Waals surface area contributed by atoms with E-state index in [4.69, 9.17) is 11.6 Å². The van der Waals surface area contributed by atoms with Gasteiger partial charge < -0.3 is 4.74 Å². The van der Waals surface area contributed by atoms with E-state index in [0.717, 1.165) is 12.1 Å². The largest absolute Gasteiger partial charge is 0.493 e. The van der Waals surface area contributed by atoms with Crippen LogP contribution in [-0.4, -0.2) is 12.8 Å². The zero-order valence-corrected chi connectivity index (χ0v) is 10.2. The topological polar surface area (TPSA) is 9.23 Å². The van der Waals surface area contributed by atoms with Gasteiger partial charge in [-0.2, -0.15) is 26.3 Å². The van der Waals surface area contributed by atoms with Gasteiger partial charge in [0.15, 0.2) is 0 Å². The van der Waals surface area contributed by atoms with Gasteiger partial charge in [-0.15, -0.1) is 11.6 Å². The molecule has 0 saturated heterocycles. The molecule has 0 fully saturated rings. The van der Waals surface area contributed by atoms with Crippen LogP contribution in [0.15, 0.2) is 18.2 Å².